The van der Waals surface area contributed by atoms with Crippen molar-refractivity contribution in [3.8, 4) is 5.88 Å². The molecule has 1 aliphatic carbocycles. The average molecular weight is 452 g/mol. The first-order chi connectivity index (χ1) is 11.6. The molecule has 0 amide bonds. The van der Waals surface area contributed by atoms with E-state index in [-0.39, 0.29) is 30.1 Å². The summed E-state index contributed by atoms with van der Waals surface area (Å²) in [6.07, 6.45) is 5.46. The molecule has 0 saturated heterocycles. The first-order valence-electron chi connectivity index (χ1n) is 8.40. The van der Waals surface area contributed by atoms with Crippen LogP contribution in [0.4, 0.5) is 5.69 Å². The van der Waals surface area contributed by atoms with Gasteiger partial charge in [0.05, 0.1) is 12.6 Å². The summed E-state index contributed by atoms with van der Waals surface area (Å²) >= 11 is 0. The lowest BCUT2D eigenvalue weighted by Crippen LogP contribution is -2.22. The van der Waals surface area contributed by atoms with Crippen molar-refractivity contribution >= 4 is 35.6 Å². The molecule has 0 fully saturated rings. The molecule has 1 aromatic carbocycles. The summed E-state index contributed by atoms with van der Waals surface area (Å²) in [6, 6.07) is 10.2. The maximum atomic E-state index is 5.99. The van der Waals surface area contributed by atoms with Crippen LogP contribution in [0, 0.1) is 0 Å². The van der Waals surface area contributed by atoms with E-state index in [4.69, 9.17) is 10.5 Å². The summed E-state index contributed by atoms with van der Waals surface area (Å²) in [5, 5.41) is 3.16. The zero-order chi connectivity index (χ0) is 16.9. The van der Waals surface area contributed by atoms with E-state index in [1.807, 2.05) is 26.0 Å². The van der Waals surface area contributed by atoms with Crippen molar-refractivity contribution in [2.45, 2.75) is 45.8 Å². The van der Waals surface area contributed by atoms with Gasteiger partial charge in [0.15, 0.2) is 5.96 Å². The van der Waals surface area contributed by atoms with E-state index in [2.05, 4.69) is 33.5 Å². The number of nitrogens with two attached hydrogens (primary N) is 1. The minimum Gasteiger partial charge on any atom is -0.475 e. The number of anilines is 1. The lowest BCUT2D eigenvalue weighted by Gasteiger charge is -2.09. The van der Waals surface area contributed by atoms with Gasteiger partial charge in [-0.1, -0.05) is 12.1 Å². The number of nitrogens with one attached hydrogen (secondary N) is 1. The molecule has 0 saturated carbocycles. The minimum atomic E-state index is 0. The summed E-state index contributed by atoms with van der Waals surface area (Å²) in [4.78, 5) is 8.64. The molecular weight excluding hydrogens is 427 g/mol. The number of benzene rings is 1. The number of guanidine groups is 1. The summed E-state index contributed by atoms with van der Waals surface area (Å²) in [6.45, 7) is 4.44. The predicted octanol–water partition coefficient (Wildman–Crippen LogP) is 3.90. The van der Waals surface area contributed by atoms with Crippen molar-refractivity contribution in [2.75, 3.05) is 5.32 Å². The third kappa shape index (κ3) is 5.59. The van der Waals surface area contributed by atoms with Gasteiger partial charge in [-0.15, -0.1) is 24.0 Å². The molecule has 1 aliphatic rings. The van der Waals surface area contributed by atoms with Crippen molar-refractivity contribution in [2.24, 2.45) is 10.7 Å². The van der Waals surface area contributed by atoms with E-state index >= 15 is 0 Å². The number of aliphatic imine (C=N–C) groups is 1. The molecule has 1 aromatic heterocycles. The SMILES string of the molecule is CC(C)Oc1ccc(CN=C(N)Nc2ccc3c(c2)CCC3)cn1.I. The van der Waals surface area contributed by atoms with Gasteiger partial charge in [-0.25, -0.2) is 9.98 Å². The van der Waals surface area contributed by atoms with Crippen molar-refractivity contribution in [1.29, 1.82) is 0 Å². The number of fused-ring (bicyclic) bond motifs is 1. The lowest BCUT2D eigenvalue weighted by molar-refractivity contribution is 0.232. The highest BCUT2D eigenvalue weighted by Gasteiger charge is 2.10. The number of hydrogen-bond donors (Lipinski definition) is 2. The highest BCUT2D eigenvalue weighted by atomic mass is 127. The number of halogens is 1. The van der Waals surface area contributed by atoms with Crippen molar-refractivity contribution in [1.82, 2.24) is 4.98 Å². The summed E-state index contributed by atoms with van der Waals surface area (Å²) < 4.78 is 5.53. The quantitative estimate of drug-likeness (QED) is 0.410. The molecule has 3 rings (SSSR count). The van der Waals surface area contributed by atoms with Gasteiger partial charge in [-0.2, -0.15) is 0 Å². The Morgan fingerprint density at radius 2 is 2.04 bits per heavy atom. The van der Waals surface area contributed by atoms with Crippen molar-refractivity contribution in [3.05, 3.63) is 53.2 Å². The molecule has 0 bridgehead atoms. The van der Waals surface area contributed by atoms with Crippen molar-refractivity contribution in [3.63, 3.8) is 0 Å². The van der Waals surface area contributed by atoms with E-state index in [1.54, 1.807) is 6.20 Å². The topological polar surface area (TPSA) is 72.5 Å². The molecule has 0 atom stereocenters. The number of aryl methyl sites for hydroxylation is 2. The molecule has 6 heteroatoms. The van der Waals surface area contributed by atoms with Gasteiger partial charge in [0.1, 0.15) is 0 Å². The Labute approximate surface area is 166 Å². The number of ether oxygens (including phenoxy) is 1. The van der Waals surface area contributed by atoms with Crippen LogP contribution in [0.2, 0.25) is 0 Å². The average Bonchev–Trinajstić information content (AvgIpc) is 3.01. The van der Waals surface area contributed by atoms with Crippen LogP contribution in [-0.4, -0.2) is 17.0 Å². The fourth-order valence-electron chi connectivity index (χ4n) is 2.83. The number of nitrogens with zero attached hydrogens (tertiary/aromatic N) is 2. The number of pyridine rings is 1. The maximum absolute atomic E-state index is 5.99. The first-order valence-corrected chi connectivity index (χ1v) is 8.40. The smallest absolute Gasteiger partial charge is 0.213 e. The van der Waals surface area contributed by atoms with Crippen LogP contribution in [0.1, 0.15) is 37.0 Å². The zero-order valence-electron chi connectivity index (χ0n) is 14.7. The van der Waals surface area contributed by atoms with Crippen LogP contribution < -0.4 is 15.8 Å². The monoisotopic (exact) mass is 452 g/mol. The Hall–Kier alpha value is -1.83. The highest BCUT2D eigenvalue weighted by Crippen LogP contribution is 2.24. The molecule has 0 radical (unpaired) electrons. The van der Waals surface area contributed by atoms with E-state index in [0.717, 1.165) is 17.7 Å². The normalized spacial score (nSPS) is 13.3. The molecule has 134 valence electrons. The molecule has 25 heavy (non-hydrogen) atoms. The lowest BCUT2D eigenvalue weighted by atomic mass is 10.1. The van der Waals surface area contributed by atoms with Gasteiger partial charge in [-0.3, -0.25) is 0 Å². The van der Waals surface area contributed by atoms with Gasteiger partial charge >= 0.3 is 0 Å². The van der Waals surface area contributed by atoms with Gasteiger partial charge in [-0.05, 0) is 61.9 Å². The summed E-state index contributed by atoms with van der Waals surface area (Å²) in [7, 11) is 0. The zero-order valence-corrected chi connectivity index (χ0v) is 17.0. The second-order valence-corrected chi connectivity index (χ2v) is 6.33. The van der Waals surface area contributed by atoms with E-state index in [0.29, 0.717) is 18.4 Å². The fraction of sp³-hybridized carbons (Fsp3) is 0.368. The molecule has 3 N–H and O–H groups in total. The Morgan fingerprint density at radius 3 is 2.76 bits per heavy atom. The third-order valence-corrected chi connectivity index (χ3v) is 3.96. The molecule has 0 aliphatic heterocycles. The molecule has 0 unspecified atom stereocenters. The number of rotatable bonds is 5. The number of aromatic nitrogens is 1. The largest absolute Gasteiger partial charge is 0.475 e. The third-order valence-electron chi connectivity index (χ3n) is 3.96. The van der Waals surface area contributed by atoms with Crippen LogP contribution in [0.3, 0.4) is 0 Å². The summed E-state index contributed by atoms with van der Waals surface area (Å²) in [5.41, 5.74) is 10.8. The van der Waals surface area contributed by atoms with Crippen LogP contribution >= 0.6 is 24.0 Å². The van der Waals surface area contributed by atoms with Crippen LogP contribution in [0.25, 0.3) is 0 Å². The van der Waals surface area contributed by atoms with Gasteiger partial charge in [0, 0.05) is 18.0 Å². The van der Waals surface area contributed by atoms with Gasteiger partial charge in [0.2, 0.25) is 5.88 Å². The van der Waals surface area contributed by atoms with E-state index in [1.165, 1.54) is 24.0 Å². The van der Waals surface area contributed by atoms with Crippen molar-refractivity contribution < 1.29 is 4.74 Å². The maximum Gasteiger partial charge on any atom is 0.213 e. The standard InChI is InChI=1S/C19H24N4O.HI/c1-13(2)24-18-9-6-14(11-21-18)12-22-19(20)23-17-8-7-15-4-3-5-16(15)10-17;/h6-11,13H,3-5,12H2,1-2H3,(H3,20,22,23);1H. The van der Waals surface area contributed by atoms with Crippen LogP contribution in [0.5, 0.6) is 5.88 Å². The van der Waals surface area contributed by atoms with E-state index < -0.39 is 0 Å². The summed E-state index contributed by atoms with van der Waals surface area (Å²) in [5.74, 6) is 1.04. The van der Waals surface area contributed by atoms with Gasteiger partial charge in [0.25, 0.3) is 0 Å². The Kier molecular flexibility index (Phi) is 7.04. The molecule has 2 aromatic rings. The second kappa shape index (κ2) is 9.03. The highest BCUT2D eigenvalue weighted by molar-refractivity contribution is 14.0. The predicted molar refractivity (Wildman–Crippen MR) is 113 cm³/mol. The van der Waals surface area contributed by atoms with Crippen LogP contribution in [-0.2, 0) is 19.4 Å². The second-order valence-electron chi connectivity index (χ2n) is 6.33. The van der Waals surface area contributed by atoms with Crippen LogP contribution in [0.15, 0.2) is 41.5 Å². The van der Waals surface area contributed by atoms with Gasteiger partial charge < -0.3 is 15.8 Å². The van der Waals surface area contributed by atoms with E-state index in [9.17, 15) is 0 Å². The Balaban J connectivity index is 0.00000225. The fourth-order valence-corrected chi connectivity index (χ4v) is 2.83. The number of hydrogen-bond acceptors (Lipinski definition) is 3. The molecule has 0 spiro atoms. The molecule has 5 nitrogen and oxygen atoms in total. The molecular formula is C19H25IN4O. The molecule has 1 heterocycles. The Bertz CT molecular complexity index is 729. The Morgan fingerprint density at radius 1 is 1.24 bits per heavy atom. The minimum absolute atomic E-state index is 0. The first kappa shape index (κ1) is 19.5.